The summed E-state index contributed by atoms with van der Waals surface area (Å²) in [5.74, 6) is -0.514. The number of aliphatic hydroxyl groups excluding tert-OH is 2. The minimum atomic E-state index is -1.41. The van der Waals surface area contributed by atoms with Crippen LogP contribution in [0, 0.1) is 17.8 Å². The molecule has 2 amide bonds. The van der Waals surface area contributed by atoms with Crippen molar-refractivity contribution in [3.05, 3.63) is 114 Å². The van der Waals surface area contributed by atoms with Gasteiger partial charge in [0, 0.05) is 44.2 Å². The number of methoxy groups -OCH3 is 1. The Morgan fingerprint density at radius 2 is 1.55 bits per heavy atom. The molecule has 388 valence electrons. The van der Waals surface area contributed by atoms with E-state index in [2.05, 4.69) is 31.8 Å². The van der Waals surface area contributed by atoms with E-state index in [1.54, 1.807) is 19.3 Å². The number of benzene rings is 3. The Bertz CT molecular complexity index is 2160. The van der Waals surface area contributed by atoms with Crippen molar-refractivity contribution in [2.45, 2.75) is 160 Å². The third-order valence-electron chi connectivity index (χ3n) is 14.6. The average Bonchev–Trinajstić information content (AvgIpc) is 3.38. The fraction of sp³-hybridized carbons (Fsp3) is 0.576. The summed E-state index contributed by atoms with van der Waals surface area (Å²) >= 11 is 0. The number of nitrogens with one attached hydrogen (secondary N) is 1. The van der Waals surface area contributed by atoms with E-state index in [1.807, 2.05) is 71.6 Å². The summed E-state index contributed by atoms with van der Waals surface area (Å²) in [5.41, 5.74) is 4.35. The standard InChI is InChI=1S/C59H83N3O9/c1-5-8-9-10-11-12-13-14-15-21-33-60-58(66)70-48-31-32-53-51(41-48)56-49(30-20-23-36-64)46(28-19-22-35-63)40-50-52(61-69-43-44-25-17-16-18-26-44)42-54(59(71-53,57(50)56)68-37-7-3)62(34-6-2)55(65)39-45-27-24-29-47(38-45)67-4/h7,16-18,24-27,29,31-32,38,40-41,46,49,54,56-57,63-64H,3,5-6,8-15,19-23,28,30,33-37,39,42-43H2,1-2,4H3,(H,60,66)/t46-,49+,54-,56+,57+,59+/m0/s1. The number of unbranched alkanes of at least 4 members (excludes halogenated alkanes) is 11. The van der Waals surface area contributed by atoms with Crippen LogP contribution in [-0.4, -0.2) is 84.7 Å². The Kier molecular flexibility index (Phi) is 22.8. The molecule has 71 heavy (non-hydrogen) atoms. The summed E-state index contributed by atoms with van der Waals surface area (Å²) < 4.78 is 26.2. The topological polar surface area (TPSA) is 148 Å². The van der Waals surface area contributed by atoms with Gasteiger partial charge in [-0.3, -0.25) is 4.79 Å². The summed E-state index contributed by atoms with van der Waals surface area (Å²) in [4.78, 5) is 36.7. The molecule has 6 rings (SSSR count). The van der Waals surface area contributed by atoms with E-state index < -0.39 is 23.8 Å². The SMILES string of the molecule is C=CCO[C@@]12Oc3ccc(OC(=O)NCCCCCCCCCCCC)cc3[C@H]3[C@H](CCCCO)[C@@H](CCCCO)C=C(C(=NOCc4ccccc4)C[C@@H]1N(CCC)C(=O)Cc1cccc(OC)c1)[C@H]32. The molecule has 0 bridgehead atoms. The molecule has 0 unspecified atom stereocenters. The van der Waals surface area contributed by atoms with Crippen molar-refractivity contribution in [2.24, 2.45) is 22.9 Å². The summed E-state index contributed by atoms with van der Waals surface area (Å²) in [6, 6.07) is 22.5. The number of aliphatic hydroxyl groups is 2. The van der Waals surface area contributed by atoms with E-state index in [1.165, 1.54) is 44.9 Å². The Labute approximate surface area is 424 Å². The second-order valence-corrected chi connectivity index (χ2v) is 19.6. The number of carbonyl (C=O) groups excluding carboxylic acids is 2. The molecule has 0 spiro atoms. The Hall–Kier alpha value is -5.17. The maximum absolute atomic E-state index is 15.0. The van der Waals surface area contributed by atoms with E-state index >= 15 is 4.79 Å². The van der Waals surface area contributed by atoms with Crippen LogP contribution in [0.15, 0.2) is 102 Å². The molecular formula is C59H83N3O9. The highest BCUT2D eigenvalue weighted by molar-refractivity contribution is 6.03. The van der Waals surface area contributed by atoms with E-state index in [4.69, 9.17) is 28.9 Å². The molecule has 1 aliphatic heterocycles. The van der Waals surface area contributed by atoms with Gasteiger partial charge in [0.05, 0.1) is 31.8 Å². The Morgan fingerprint density at radius 3 is 2.25 bits per heavy atom. The summed E-state index contributed by atoms with van der Waals surface area (Å²) in [6.07, 6.45) is 21.3. The van der Waals surface area contributed by atoms with Gasteiger partial charge >= 0.3 is 6.09 Å². The molecule has 3 aromatic rings. The molecule has 3 aromatic carbocycles. The van der Waals surface area contributed by atoms with Crippen LogP contribution < -0.4 is 19.5 Å². The molecule has 1 heterocycles. The molecule has 0 aromatic heterocycles. The third kappa shape index (κ3) is 15.2. The van der Waals surface area contributed by atoms with Gasteiger partial charge in [0.1, 0.15) is 29.9 Å². The monoisotopic (exact) mass is 978 g/mol. The molecule has 0 radical (unpaired) electrons. The van der Waals surface area contributed by atoms with E-state index in [9.17, 15) is 15.0 Å². The first-order valence-electron chi connectivity index (χ1n) is 26.9. The number of amides is 2. The van der Waals surface area contributed by atoms with Crippen molar-refractivity contribution >= 4 is 17.7 Å². The van der Waals surface area contributed by atoms with E-state index in [-0.39, 0.29) is 56.5 Å². The smallest absolute Gasteiger partial charge is 0.412 e. The average molecular weight is 978 g/mol. The quantitative estimate of drug-likeness (QED) is 0.0316. The van der Waals surface area contributed by atoms with Crippen LogP contribution in [0.3, 0.4) is 0 Å². The largest absolute Gasteiger partial charge is 0.497 e. The number of ether oxygens (including phenoxy) is 4. The fourth-order valence-corrected chi connectivity index (χ4v) is 11.2. The number of hydrogen-bond donors (Lipinski definition) is 3. The van der Waals surface area contributed by atoms with Gasteiger partial charge in [-0.1, -0.05) is 144 Å². The van der Waals surface area contributed by atoms with Crippen molar-refractivity contribution in [1.29, 1.82) is 0 Å². The van der Waals surface area contributed by atoms with Crippen LogP contribution in [0.4, 0.5) is 4.79 Å². The number of fused-ring (bicyclic) bond motifs is 2. The van der Waals surface area contributed by atoms with Crippen molar-refractivity contribution in [2.75, 3.05) is 40.0 Å². The summed E-state index contributed by atoms with van der Waals surface area (Å²) in [6.45, 7) is 9.94. The van der Waals surface area contributed by atoms with Gasteiger partial charge in [-0.2, -0.15) is 0 Å². The number of nitrogens with zero attached hydrogens (tertiary/aromatic N) is 2. The first kappa shape index (κ1) is 55.1. The number of oxime groups is 1. The van der Waals surface area contributed by atoms with E-state index in [0.717, 1.165) is 72.9 Å². The molecule has 12 nitrogen and oxygen atoms in total. The highest BCUT2D eigenvalue weighted by atomic mass is 16.7. The van der Waals surface area contributed by atoms with Gasteiger partial charge in [-0.25, -0.2) is 4.79 Å². The molecule has 0 saturated heterocycles. The predicted octanol–water partition coefficient (Wildman–Crippen LogP) is 12.0. The molecule has 2 aliphatic carbocycles. The highest BCUT2D eigenvalue weighted by Gasteiger charge is 2.65. The fourth-order valence-electron chi connectivity index (χ4n) is 11.2. The van der Waals surface area contributed by atoms with Crippen LogP contribution in [0.5, 0.6) is 17.2 Å². The van der Waals surface area contributed by atoms with Gasteiger partial charge < -0.3 is 44.2 Å². The zero-order chi connectivity index (χ0) is 50.3. The number of carbonyl (C=O) groups is 2. The molecule has 3 N–H and O–H groups in total. The van der Waals surface area contributed by atoms with Crippen LogP contribution in [0.1, 0.15) is 152 Å². The lowest BCUT2D eigenvalue weighted by Crippen LogP contribution is -2.70. The minimum absolute atomic E-state index is 0.0149. The zero-order valence-corrected chi connectivity index (χ0v) is 43.0. The molecule has 12 heteroatoms. The summed E-state index contributed by atoms with van der Waals surface area (Å²) in [5, 5.41) is 28.0. The lowest BCUT2D eigenvalue weighted by atomic mass is 9.55. The molecule has 6 atom stereocenters. The predicted molar refractivity (Wildman–Crippen MR) is 281 cm³/mol. The summed E-state index contributed by atoms with van der Waals surface area (Å²) in [7, 11) is 1.62. The van der Waals surface area contributed by atoms with Gasteiger partial charge in [-0.15, -0.1) is 6.58 Å². The van der Waals surface area contributed by atoms with Gasteiger partial charge in [0.15, 0.2) is 0 Å². The highest BCUT2D eigenvalue weighted by Crippen LogP contribution is 2.62. The van der Waals surface area contributed by atoms with Crippen molar-refractivity contribution in [3.63, 3.8) is 0 Å². The lowest BCUT2D eigenvalue weighted by molar-refractivity contribution is -0.257. The maximum atomic E-state index is 15.0. The number of rotatable bonds is 32. The van der Waals surface area contributed by atoms with Crippen LogP contribution in [-0.2, 0) is 27.4 Å². The van der Waals surface area contributed by atoms with Crippen molar-refractivity contribution < 1.29 is 43.6 Å². The first-order valence-corrected chi connectivity index (χ1v) is 26.9. The first-order chi connectivity index (χ1) is 34.8. The van der Waals surface area contributed by atoms with Crippen LogP contribution in [0.2, 0.25) is 0 Å². The lowest BCUT2D eigenvalue weighted by Gasteiger charge is -2.60. The van der Waals surface area contributed by atoms with Gasteiger partial charge in [0.2, 0.25) is 11.7 Å². The Balaban J connectivity index is 1.40. The van der Waals surface area contributed by atoms with E-state index in [0.29, 0.717) is 56.0 Å². The normalized spacial score (nSPS) is 21.6. The molecule has 1 fully saturated rings. The van der Waals surface area contributed by atoms with Crippen LogP contribution in [0.25, 0.3) is 0 Å². The second-order valence-electron chi connectivity index (χ2n) is 19.6. The van der Waals surface area contributed by atoms with Gasteiger partial charge in [-0.05, 0) is 97.4 Å². The van der Waals surface area contributed by atoms with Gasteiger partial charge in [0.25, 0.3) is 0 Å². The molecular weight excluding hydrogens is 895 g/mol. The minimum Gasteiger partial charge on any atom is -0.497 e. The second kappa shape index (κ2) is 29.4. The number of hydrogen-bond acceptors (Lipinski definition) is 10. The van der Waals surface area contributed by atoms with Crippen molar-refractivity contribution in [1.82, 2.24) is 10.2 Å². The Morgan fingerprint density at radius 1 is 0.831 bits per heavy atom. The molecule has 3 aliphatic rings. The van der Waals surface area contributed by atoms with Crippen LogP contribution >= 0.6 is 0 Å². The number of allylic oxidation sites excluding steroid dienone is 1. The molecule has 1 saturated carbocycles. The third-order valence-corrected chi connectivity index (χ3v) is 14.6. The zero-order valence-electron chi connectivity index (χ0n) is 43.0. The maximum Gasteiger partial charge on any atom is 0.412 e. The van der Waals surface area contributed by atoms with Crippen molar-refractivity contribution in [3.8, 4) is 17.2 Å².